The highest BCUT2D eigenvalue weighted by molar-refractivity contribution is 5.81. The van der Waals surface area contributed by atoms with Crippen LogP contribution in [0.2, 0.25) is 0 Å². The van der Waals surface area contributed by atoms with E-state index in [1.165, 1.54) is 0 Å². The molecule has 2 aromatic heterocycles. The predicted octanol–water partition coefficient (Wildman–Crippen LogP) is 3.24. The van der Waals surface area contributed by atoms with Crippen LogP contribution in [0.25, 0.3) is 10.9 Å². The Bertz CT molecular complexity index is 806. The van der Waals surface area contributed by atoms with Crippen molar-refractivity contribution < 1.29 is 9.52 Å². The summed E-state index contributed by atoms with van der Waals surface area (Å²) in [5, 5.41) is 22.3. The highest BCUT2D eigenvalue weighted by atomic mass is 16.3. The fourth-order valence-corrected chi connectivity index (χ4v) is 2.36. The summed E-state index contributed by atoms with van der Waals surface area (Å²) in [5.41, 5.74) is 1.43. The van der Waals surface area contributed by atoms with Crippen LogP contribution >= 0.6 is 0 Å². The van der Waals surface area contributed by atoms with Crippen LogP contribution in [0, 0.1) is 11.3 Å². The van der Waals surface area contributed by atoms with E-state index >= 15 is 0 Å². The molecule has 1 atom stereocenters. The number of benzene rings is 1. The third kappa shape index (κ3) is 2.92. The molecule has 3 rings (SSSR count). The minimum Gasteiger partial charge on any atom is -0.467 e. The molecule has 0 spiro atoms. The lowest BCUT2D eigenvalue weighted by Gasteiger charge is -2.16. The molecule has 110 valence electrons. The number of anilines is 1. The van der Waals surface area contributed by atoms with Crippen molar-refractivity contribution in [1.29, 1.82) is 5.26 Å². The van der Waals surface area contributed by atoms with E-state index in [9.17, 15) is 5.11 Å². The molecule has 2 N–H and O–H groups in total. The first-order valence-corrected chi connectivity index (χ1v) is 7.02. The molecule has 3 aromatic rings. The van der Waals surface area contributed by atoms with Gasteiger partial charge < -0.3 is 14.8 Å². The fourth-order valence-electron chi connectivity index (χ4n) is 2.36. The predicted molar refractivity (Wildman–Crippen MR) is 83.2 cm³/mol. The third-order valence-corrected chi connectivity index (χ3v) is 3.44. The van der Waals surface area contributed by atoms with E-state index in [-0.39, 0.29) is 12.6 Å². The Kier molecular flexibility index (Phi) is 4.03. The van der Waals surface area contributed by atoms with Gasteiger partial charge in [-0.05, 0) is 48.9 Å². The smallest absolute Gasteiger partial charge is 0.127 e. The lowest BCUT2D eigenvalue weighted by atomic mass is 10.1. The standard InChI is InChI=1S/C17H15N3O2/c18-11-12-3-5-14-13(10-12)4-6-17(19-14)20-15(7-8-21)16-2-1-9-22-16/h1-6,9-10,15,21H,7-8H2,(H,19,20). The van der Waals surface area contributed by atoms with Crippen molar-refractivity contribution >= 4 is 16.7 Å². The molecule has 0 bridgehead atoms. The lowest BCUT2D eigenvalue weighted by Crippen LogP contribution is -2.12. The monoisotopic (exact) mass is 293 g/mol. The van der Waals surface area contributed by atoms with Gasteiger partial charge in [0.15, 0.2) is 0 Å². The summed E-state index contributed by atoms with van der Waals surface area (Å²) < 4.78 is 5.40. The molecule has 0 saturated carbocycles. The van der Waals surface area contributed by atoms with Crippen molar-refractivity contribution in [3.8, 4) is 6.07 Å². The number of nitrogens with one attached hydrogen (secondary N) is 1. The van der Waals surface area contributed by atoms with E-state index in [2.05, 4.69) is 16.4 Å². The molecule has 0 saturated heterocycles. The maximum atomic E-state index is 9.21. The Labute approximate surface area is 127 Å². The van der Waals surface area contributed by atoms with Gasteiger partial charge in [-0.15, -0.1) is 0 Å². The molecule has 5 nitrogen and oxygen atoms in total. The molecule has 22 heavy (non-hydrogen) atoms. The molecule has 0 amide bonds. The average Bonchev–Trinajstić information content (AvgIpc) is 3.08. The van der Waals surface area contributed by atoms with E-state index in [1.807, 2.05) is 36.4 Å². The van der Waals surface area contributed by atoms with E-state index in [0.29, 0.717) is 17.8 Å². The van der Waals surface area contributed by atoms with Crippen LogP contribution in [0.3, 0.4) is 0 Å². The number of aliphatic hydroxyl groups excluding tert-OH is 1. The highest BCUT2D eigenvalue weighted by Crippen LogP contribution is 2.24. The first-order chi connectivity index (χ1) is 10.8. The van der Waals surface area contributed by atoms with Gasteiger partial charge in [-0.2, -0.15) is 5.26 Å². The number of furan rings is 1. The zero-order chi connectivity index (χ0) is 15.4. The van der Waals surface area contributed by atoms with Gasteiger partial charge in [0.05, 0.1) is 29.5 Å². The number of nitriles is 1. The van der Waals surface area contributed by atoms with E-state index in [4.69, 9.17) is 9.68 Å². The summed E-state index contributed by atoms with van der Waals surface area (Å²) >= 11 is 0. The van der Waals surface area contributed by atoms with E-state index in [1.54, 1.807) is 12.3 Å². The third-order valence-electron chi connectivity index (χ3n) is 3.44. The number of nitrogens with zero attached hydrogens (tertiary/aromatic N) is 2. The van der Waals surface area contributed by atoms with Crippen molar-refractivity contribution in [3.63, 3.8) is 0 Å². The quantitative estimate of drug-likeness (QED) is 0.754. The second-order valence-corrected chi connectivity index (χ2v) is 4.94. The van der Waals surface area contributed by atoms with Gasteiger partial charge in [-0.3, -0.25) is 0 Å². The van der Waals surface area contributed by atoms with Crippen molar-refractivity contribution in [3.05, 3.63) is 60.1 Å². The number of rotatable bonds is 5. The van der Waals surface area contributed by atoms with Gasteiger partial charge in [0.25, 0.3) is 0 Å². The summed E-state index contributed by atoms with van der Waals surface area (Å²) in [6.07, 6.45) is 2.14. The van der Waals surface area contributed by atoms with Crippen LogP contribution in [-0.4, -0.2) is 16.7 Å². The van der Waals surface area contributed by atoms with Crippen molar-refractivity contribution in [2.75, 3.05) is 11.9 Å². The van der Waals surface area contributed by atoms with Crippen LogP contribution in [0.15, 0.2) is 53.1 Å². The molecule has 5 heteroatoms. The average molecular weight is 293 g/mol. The second kappa shape index (κ2) is 6.29. The Balaban J connectivity index is 1.88. The second-order valence-electron chi connectivity index (χ2n) is 4.94. The maximum Gasteiger partial charge on any atom is 0.127 e. The summed E-state index contributed by atoms with van der Waals surface area (Å²) in [7, 11) is 0. The lowest BCUT2D eigenvalue weighted by molar-refractivity contribution is 0.273. The zero-order valence-electron chi connectivity index (χ0n) is 11.9. The van der Waals surface area contributed by atoms with Crippen LogP contribution in [0.5, 0.6) is 0 Å². The Morgan fingerprint density at radius 3 is 2.91 bits per heavy atom. The normalized spacial score (nSPS) is 12.0. The van der Waals surface area contributed by atoms with Crippen LogP contribution < -0.4 is 5.32 Å². The van der Waals surface area contributed by atoms with E-state index < -0.39 is 0 Å². The van der Waals surface area contributed by atoms with Gasteiger partial charge in [0.2, 0.25) is 0 Å². The Morgan fingerprint density at radius 1 is 1.27 bits per heavy atom. The van der Waals surface area contributed by atoms with Crippen LogP contribution in [-0.2, 0) is 0 Å². The number of fused-ring (bicyclic) bond motifs is 1. The molecule has 0 aliphatic carbocycles. The summed E-state index contributed by atoms with van der Waals surface area (Å²) in [4.78, 5) is 4.54. The van der Waals surface area contributed by atoms with Crippen LogP contribution in [0.1, 0.15) is 23.8 Å². The molecular formula is C17H15N3O2. The SMILES string of the molecule is N#Cc1ccc2nc(NC(CCO)c3ccco3)ccc2c1. The summed E-state index contributed by atoms with van der Waals surface area (Å²) in [5.74, 6) is 1.46. The minimum absolute atomic E-state index is 0.0531. The van der Waals surface area contributed by atoms with Crippen molar-refractivity contribution in [1.82, 2.24) is 4.98 Å². The first-order valence-electron chi connectivity index (χ1n) is 7.02. The number of aromatic nitrogens is 1. The van der Waals surface area contributed by atoms with Gasteiger partial charge in [-0.25, -0.2) is 4.98 Å². The minimum atomic E-state index is -0.136. The Morgan fingerprint density at radius 2 is 2.18 bits per heavy atom. The van der Waals surface area contributed by atoms with Crippen molar-refractivity contribution in [2.24, 2.45) is 0 Å². The van der Waals surface area contributed by atoms with Gasteiger partial charge in [0, 0.05) is 12.0 Å². The number of aliphatic hydroxyl groups is 1. The molecular weight excluding hydrogens is 278 g/mol. The molecule has 1 aromatic carbocycles. The molecule has 2 heterocycles. The molecule has 1 unspecified atom stereocenters. The fraction of sp³-hybridized carbons (Fsp3) is 0.176. The molecule has 0 aliphatic heterocycles. The topological polar surface area (TPSA) is 82.1 Å². The molecule has 0 fully saturated rings. The van der Waals surface area contributed by atoms with E-state index in [0.717, 1.165) is 16.7 Å². The summed E-state index contributed by atoms with van der Waals surface area (Å²) in [6.45, 7) is 0.0531. The molecule has 0 radical (unpaired) electrons. The number of hydrogen-bond donors (Lipinski definition) is 2. The number of hydrogen-bond acceptors (Lipinski definition) is 5. The maximum absolute atomic E-state index is 9.21. The largest absolute Gasteiger partial charge is 0.467 e. The highest BCUT2D eigenvalue weighted by Gasteiger charge is 2.14. The van der Waals surface area contributed by atoms with Gasteiger partial charge >= 0.3 is 0 Å². The van der Waals surface area contributed by atoms with Gasteiger partial charge in [-0.1, -0.05) is 0 Å². The Hall–Kier alpha value is -2.84. The summed E-state index contributed by atoms with van der Waals surface area (Å²) in [6, 6.07) is 14.8. The molecule has 0 aliphatic rings. The van der Waals surface area contributed by atoms with Crippen molar-refractivity contribution in [2.45, 2.75) is 12.5 Å². The first kappa shape index (κ1) is 14.1. The number of pyridine rings is 1. The van der Waals surface area contributed by atoms with Crippen LogP contribution in [0.4, 0.5) is 5.82 Å². The van der Waals surface area contributed by atoms with Gasteiger partial charge in [0.1, 0.15) is 11.6 Å². The zero-order valence-corrected chi connectivity index (χ0v) is 11.9.